The van der Waals surface area contributed by atoms with Crippen LogP contribution in [0.4, 0.5) is 0 Å². The number of nitrogens with one attached hydrogen (secondary N) is 1. The first-order valence-electron chi connectivity index (χ1n) is 3.04. The van der Waals surface area contributed by atoms with Crippen molar-refractivity contribution in [2.45, 2.75) is 12.2 Å². The maximum Gasteiger partial charge on any atom is 0.113 e. The van der Waals surface area contributed by atoms with Gasteiger partial charge in [0.05, 0.1) is 12.3 Å². The van der Waals surface area contributed by atoms with Gasteiger partial charge in [-0.3, -0.25) is 0 Å². The number of rotatable bonds is 0. The number of sulfonamides is 2. The Morgan fingerprint density at radius 3 is 2.40 bits per heavy atom. The smallest absolute Gasteiger partial charge is 0.113 e. The molecule has 0 aromatic heterocycles. The van der Waals surface area contributed by atoms with E-state index >= 15 is 0 Å². The zero-order valence-corrected chi connectivity index (χ0v) is 6.85. The summed E-state index contributed by atoms with van der Waals surface area (Å²) in [5.41, 5.74) is 0. The maximum atomic E-state index is 11.4. The molecule has 0 spiro atoms. The second kappa shape index (κ2) is 1.68. The lowest BCUT2D eigenvalue weighted by Gasteiger charge is -2.52. The summed E-state index contributed by atoms with van der Waals surface area (Å²) < 4.78 is 23.0. The standard InChI is InChI=1S/C5H12N2O2S/c1-5-3-4-7(2)10(5,6,8)9/h3-5H,1-2H3,(H3,6,8,9). The summed E-state index contributed by atoms with van der Waals surface area (Å²) in [5.74, 6) is 0. The summed E-state index contributed by atoms with van der Waals surface area (Å²) in [6, 6.07) is 0. The van der Waals surface area contributed by atoms with Crippen LogP contribution in [0.25, 0.3) is 0 Å². The Morgan fingerprint density at radius 1 is 1.80 bits per heavy atom. The van der Waals surface area contributed by atoms with E-state index in [0.717, 1.165) is 0 Å². The minimum absolute atomic E-state index is 0.268. The van der Waals surface area contributed by atoms with Crippen LogP contribution in [0.15, 0.2) is 12.3 Å². The number of nitrogens with two attached hydrogens (primary N) is 1. The molecule has 0 saturated heterocycles. The zero-order chi connectivity index (χ0) is 8.02. The van der Waals surface area contributed by atoms with Crippen molar-refractivity contribution < 1.29 is 13.1 Å². The van der Waals surface area contributed by atoms with E-state index in [2.05, 4.69) is 0 Å². The van der Waals surface area contributed by atoms with Gasteiger partial charge >= 0.3 is 0 Å². The van der Waals surface area contributed by atoms with Crippen molar-refractivity contribution in [1.29, 1.82) is 0 Å². The van der Waals surface area contributed by atoms with Crippen LogP contribution < -0.4 is 9.44 Å². The topological polar surface area (TPSA) is 70.6 Å². The second-order valence-corrected chi connectivity index (χ2v) is 6.04. The fourth-order valence-electron chi connectivity index (χ4n) is 0.847. The molecule has 0 aromatic rings. The number of primary sulfonamides is 1. The lowest BCUT2D eigenvalue weighted by Crippen LogP contribution is -3.15. The van der Waals surface area contributed by atoms with Crippen LogP contribution in [0.1, 0.15) is 6.92 Å². The molecule has 0 saturated carbocycles. The van der Waals surface area contributed by atoms with Gasteiger partial charge in [-0.1, -0.05) is 0 Å². The summed E-state index contributed by atoms with van der Waals surface area (Å²) in [7, 11) is -2.65. The van der Waals surface area contributed by atoms with E-state index < -0.39 is 15.0 Å². The Hall–Kier alpha value is -0.230. The Morgan fingerprint density at radius 2 is 2.30 bits per heavy atom. The molecule has 5 heteroatoms. The highest BCUT2D eigenvalue weighted by Crippen LogP contribution is 2.15. The van der Waals surface area contributed by atoms with E-state index in [1.54, 1.807) is 19.2 Å². The average molecular weight is 164 g/mol. The summed E-state index contributed by atoms with van der Waals surface area (Å²) in [5, 5.41) is 4.65. The van der Waals surface area contributed by atoms with Crippen molar-refractivity contribution in [2.24, 2.45) is 5.14 Å². The van der Waals surface area contributed by atoms with Gasteiger partial charge in [-0.05, 0) is 13.0 Å². The summed E-state index contributed by atoms with van der Waals surface area (Å²) in [4.78, 5) is 0. The van der Waals surface area contributed by atoms with E-state index in [1.165, 1.54) is 7.05 Å². The Labute approximate surface area is 60.2 Å². The molecule has 1 rings (SSSR count). The van der Waals surface area contributed by atoms with E-state index in [0.29, 0.717) is 0 Å². The Bertz CT molecular complexity index is 224. The fraction of sp³-hybridized carbons (Fsp3) is 0.600. The average Bonchev–Trinajstić information content (AvgIpc) is 1.93. The molecule has 0 aromatic carbocycles. The van der Waals surface area contributed by atoms with Gasteiger partial charge in [-0.2, -0.15) is 13.9 Å². The lowest BCUT2D eigenvalue weighted by molar-refractivity contribution is -0.689. The molecular formula is C5H12N2O2S. The van der Waals surface area contributed by atoms with Gasteiger partial charge < -0.3 is 4.55 Å². The third kappa shape index (κ3) is 0.826. The highest BCUT2D eigenvalue weighted by molar-refractivity contribution is 8.08. The third-order valence-electron chi connectivity index (χ3n) is 1.94. The van der Waals surface area contributed by atoms with Crippen molar-refractivity contribution in [2.75, 3.05) is 7.05 Å². The molecule has 4 nitrogen and oxygen atoms in total. The summed E-state index contributed by atoms with van der Waals surface area (Å²) in [6.45, 7) is 1.58. The molecule has 0 bridgehead atoms. The van der Waals surface area contributed by atoms with E-state index in [4.69, 9.17) is 5.14 Å². The first kappa shape index (κ1) is 7.87. The van der Waals surface area contributed by atoms with Crippen molar-refractivity contribution in [3.8, 4) is 0 Å². The zero-order valence-electron chi connectivity index (χ0n) is 6.03. The van der Waals surface area contributed by atoms with Gasteiger partial charge in [-0.25, -0.2) is 9.44 Å². The van der Waals surface area contributed by atoms with Crippen molar-refractivity contribution in [3.05, 3.63) is 12.3 Å². The minimum Gasteiger partial charge on any atom is -0.716 e. The molecule has 60 valence electrons. The van der Waals surface area contributed by atoms with Crippen LogP contribution >= 0.6 is 0 Å². The molecule has 0 fully saturated rings. The summed E-state index contributed by atoms with van der Waals surface area (Å²) in [6.07, 6.45) is 3.14. The van der Waals surface area contributed by atoms with Crippen LogP contribution in [-0.2, 0) is 9.72 Å². The first-order chi connectivity index (χ1) is 4.33. The monoisotopic (exact) mass is 164 g/mol. The molecule has 3 N–H and O–H groups in total. The molecular weight excluding hydrogens is 152 g/mol. The van der Waals surface area contributed by atoms with Crippen LogP contribution in [0, 0.1) is 0 Å². The van der Waals surface area contributed by atoms with Gasteiger partial charge in [0.2, 0.25) is 0 Å². The molecule has 0 aliphatic carbocycles. The van der Waals surface area contributed by atoms with E-state index in [9.17, 15) is 8.76 Å². The first-order valence-corrected chi connectivity index (χ1v) is 5.06. The van der Waals surface area contributed by atoms with Crippen molar-refractivity contribution in [1.82, 2.24) is 0 Å². The minimum atomic E-state index is -4.16. The van der Waals surface area contributed by atoms with Gasteiger partial charge in [0.1, 0.15) is 6.20 Å². The molecule has 1 heterocycles. The SMILES string of the molecule is CC1C=C[NH+](C)S1(N)(=O)[O-]. The molecule has 0 amide bonds. The predicted octanol–water partition coefficient (Wildman–Crippen LogP) is -1.84. The largest absolute Gasteiger partial charge is 0.716 e. The maximum absolute atomic E-state index is 11.4. The molecule has 10 heavy (non-hydrogen) atoms. The predicted molar refractivity (Wildman–Crippen MR) is 38.6 cm³/mol. The van der Waals surface area contributed by atoms with Gasteiger partial charge in [0.15, 0.2) is 0 Å². The molecule has 0 radical (unpaired) electrons. The Kier molecular flexibility index (Phi) is 1.32. The fourth-order valence-corrected chi connectivity index (χ4v) is 2.16. The van der Waals surface area contributed by atoms with Crippen molar-refractivity contribution >= 4 is 9.72 Å². The van der Waals surface area contributed by atoms with Gasteiger partial charge in [0, 0.05) is 0 Å². The van der Waals surface area contributed by atoms with E-state index in [1.807, 2.05) is 0 Å². The molecule has 2 atom stereocenters. The molecule has 1 aliphatic rings. The second-order valence-electron chi connectivity index (χ2n) is 2.67. The number of hydrogen-bond donors (Lipinski definition) is 2. The van der Waals surface area contributed by atoms with Gasteiger partial charge in [0.25, 0.3) is 0 Å². The number of hydrogen-bond acceptors (Lipinski definition) is 2. The van der Waals surface area contributed by atoms with Crippen LogP contribution in [0.2, 0.25) is 0 Å². The lowest BCUT2D eigenvalue weighted by atomic mass is 10.5. The van der Waals surface area contributed by atoms with Crippen LogP contribution in [-0.4, -0.2) is 21.1 Å². The van der Waals surface area contributed by atoms with Crippen LogP contribution in [0.5, 0.6) is 0 Å². The Balaban J connectivity index is 3.13. The van der Waals surface area contributed by atoms with Gasteiger partial charge in [-0.15, -0.1) is 0 Å². The van der Waals surface area contributed by atoms with E-state index in [-0.39, 0.29) is 4.31 Å². The highest BCUT2D eigenvalue weighted by atomic mass is 32.3. The van der Waals surface area contributed by atoms with Crippen molar-refractivity contribution in [3.63, 3.8) is 0 Å². The molecule has 2 unspecified atom stereocenters. The van der Waals surface area contributed by atoms with Crippen LogP contribution in [0.3, 0.4) is 0 Å². The molecule has 1 aliphatic heterocycles. The normalized spacial score (nSPS) is 46.2. The quantitative estimate of drug-likeness (QED) is 0.441. The number of quaternary nitrogens is 1. The highest BCUT2D eigenvalue weighted by Gasteiger charge is 2.32. The summed E-state index contributed by atoms with van der Waals surface area (Å²) >= 11 is 0. The third-order valence-corrected chi connectivity index (χ3v) is 4.91.